The van der Waals surface area contributed by atoms with Crippen LogP contribution in [-0.4, -0.2) is 17.0 Å². The third-order valence-electron chi connectivity index (χ3n) is 2.72. The average molecular weight is 319 g/mol. The molecule has 3 N–H and O–H groups in total. The number of hydrogen-bond acceptors (Lipinski definition) is 3. The Labute approximate surface area is 135 Å². The SMILES string of the molecule is CC(C)Oc1ccc(NC(N)=NCc2ccc(Cl)nc2)cc1. The molecule has 0 saturated carbocycles. The fraction of sp³-hybridized carbons (Fsp3) is 0.250. The van der Waals surface area contributed by atoms with Gasteiger partial charge in [0.2, 0.25) is 0 Å². The molecule has 1 heterocycles. The predicted molar refractivity (Wildman–Crippen MR) is 90.4 cm³/mol. The second-order valence-electron chi connectivity index (χ2n) is 5.01. The Morgan fingerprint density at radius 2 is 2.00 bits per heavy atom. The molecular formula is C16H19ClN4O. The van der Waals surface area contributed by atoms with E-state index in [1.54, 1.807) is 12.3 Å². The largest absolute Gasteiger partial charge is 0.491 e. The Balaban J connectivity index is 1.91. The third-order valence-corrected chi connectivity index (χ3v) is 2.94. The number of hydrogen-bond donors (Lipinski definition) is 2. The molecule has 1 aromatic carbocycles. The Kier molecular flexibility index (Phi) is 5.61. The molecular weight excluding hydrogens is 300 g/mol. The summed E-state index contributed by atoms with van der Waals surface area (Å²) in [5, 5.41) is 3.49. The van der Waals surface area contributed by atoms with Gasteiger partial charge in [-0.3, -0.25) is 0 Å². The van der Waals surface area contributed by atoms with Crippen LogP contribution in [0.3, 0.4) is 0 Å². The fourth-order valence-corrected chi connectivity index (χ4v) is 1.86. The highest BCUT2D eigenvalue weighted by atomic mass is 35.5. The highest BCUT2D eigenvalue weighted by Gasteiger charge is 1.99. The van der Waals surface area contributed by atoms with E-state index in [9.17, 15) is 0 Å². The maximum atomic E-state index is 5.86. The molecule has 5 nitrogen and oxygen atoms in total. The molecule has 116 valence electrons. The number of ether oxygens (including phenoxy) is 1. The lowest BCUT2D eigenvalue weighted by Gasteiger charge is -2.10. The molecule has 0 amide bonds. The van der Waals surface area contributed by atoms with Crippen LogP contribution >= 0.6 is 11.6 Å². The topological polar surface area (TPSA) is 72.5 Å². The van der Waals surface area contributed by atoms with E-state index in [4.69, 9.17) is 22.1 Å². The molecule has 0 saturated heterocycles. The van der Waals surface area contributed by atoms with E-state index >= 15 is 0 Å². The number of benzene rings is 1. The van der Waals surface area contributed by atoms with E-state index in [0.29, 0.717) is 17.7 Å². The minimum atomic E-state index is 0.151. The summed E-state index contributed by atoms with van der Waals surface area (Å²) in [5.41, 5.74) is 7.66. The van der Waals surface area contributed by atoms with Crippen LogP contribution in [0, 0.1) is 0 Å². The molecule has 0 unspecified atom stereocenters. The van der Waals surface area contributed by atoms with Crippen LogP contribution in [-0.2, 0) is 6.54 Å². The number of halogens is 1. The first-order valence-corrected chi connectivity index (χ1v) is 7.35. The summed E-state index contributed by atoms with van der Waals surface area (Å²) in [6.45, 7) is 4.42. The Morgan fingerprint density at radius 3 is 2.59 bits per heavy atom. The van der Waals surface area contributed by atoms with Gasteiger partial charge < -0.3 is 15.8 Å². The number of aromatic nitrogens is 1. The molecule has 6 heteroatoms. The Bertz CT molecular complexity index is 624. The van der Waals surface area contributed by atoms with Crippen LogP contribution in [0.15, 0.2) is 47.6 Å². The number of aliphatic imine (C=N–C) groups is 1. The fourth-order valence-electron chi connectivity index (χ4n) is 1.75. The molecule has 0 spiro atoms. The molecule has 0 bridgehead atoms. The van der Waals surface area contributed by atoms with E-state index < -0.39 is 0 Å². The van der Waals surface area contributed by atoms with Gasteiger partial charge in [0.1, 0.15) is 10.9 Å². The van der Waals surface area contributed by atoms with Crippen LogP contribution in [0.25, 0.3) is 0 Å². The molecule has 0 atom stereocenters. The van der Waals surface area contributed by atoms with Crippen molar-refractivity contribution in [3.05, 3.63) is 53.3 Å². The van der Waals surface area contributed by atoms with Gasteiger partial charge in [0.15, 0.2) is 5.96 Å². The van der Waals surface area contributed by atoms with Gasteiger partial charge in [-0.15, -0.1) is 0 Å². The van der Waals surface area contributed by atoms with Gasteiger partial charge in [0, 0.05) is 11.9 Å². The maximum absolute atomic E-state index is 5.86. The van der Waals surface area contributed by atoms with Crippen molar-refractivity contribution < 1.29 is 4.74 Å². The van der Waals surface area contributed by atoms with Gasteiger partial charge in [-0.25, -0.2) is 9.98 Å². The minimum absolute atomic E-state index is 0.151. The van der Waals surface area contributed by atoms with Gasteiger partial charge in [-0.2, -0.15) is 0 Å². The molecule has 2 aromatic rings. The second kappa shape index (κ2) is 7.66. The Morgan fingerprint density at radius 1 is 1.27 bits per heavy atom. The van der Waals surface area contributed by atoms with Crippen molar-refractivity contribution in [3.8, 4) is 5.75 Å². The van der Waals surface area contributed by atoms with Crippen molar-refractivity contribution in [3.63, 3.8) is 0 Å². The summed E-state index contributed by atoms with van der Waals surface area (Å²) in [6.07, 6.45) is 1.83. The van der Waals surface area contributed by atoms with Crippen molar-refractivity contribution >= 4 is 23.2 Å². The van der Waals surface area contributed by atoms with Crippen molar-refractivity contribution in [2.45, 2.75) is 26.5 Å². The van der Waals surface area contributed by atoms with E-state index in [0.717, 1.165) is 17.0 Å². The quantitative estimate of drug-likeness (QED) is 0.503. The first-order valence-electron chi connectivity index (χ1n) is 6.97. The zero-order valence-electron chi connectivity index (χ0n) is 12.6. The standard InChI is InChI=1S/C16H19ClN4O/c1-11(2)22-14-6-4-13(5-7-14)21-16(18)20-10-12-3-8-15(17)19-9-12/h3-9,11H,10H2,1-2H3,(H3,18,20,21). The van der Waals surface area contributed by atoms with Gasteiger partial charge in [0.25, 0.3) is 0 Å². The molecule has 0 fully saturated rings. The van der Waals surface area contributed by atoms with Gasteiger partial charge in [0.05, 0.1) is 12.6 Å². The second-order valence-corrected chi connectivity index (χ2v) is 5.39. The molecule has 2 rings (SSSR count). The number of rotatable bonds is 5. The molecule has 1 aromatic heterocycles. The van der Waals surface area contributed by atoms with Crippen LogP contribution in [0.2, 0.25) is 5.15 Å². The third kappa shape index (κ3) is 5.26. The van der Waals surface area contributed by atoms with Gasteiger partial charge in [-0.05, 0) is 49.7 Å². The molecule has 0 radical (unpaired) electrons. The number of guanidine groups is 1. The molecule has 0 aliphatic rings. The van der Waals surface area contributed by atoms with Crippen LogP contribution in [0.4, 0.5) is 5.69 Å². The zero-order chi connectivity index (χ0) is 15.9. The van der Waals surface area contributed by atoms with Crippen LogP contribution in [0.5, 0.6) is 5.75 Å². The summed E-state index contributed by atoms with van der Waals surface area (Å²) < 4.78 is 5.58. The highest BCUT2D eigenvalue weighted by molar-refractivity contribution is 6.29. The predicted octanol–water partition coefficient (Wildman–Crippen LogP) is 3.45. The average Bonchev–Trinajstić information content (AvgIpc) is 2.48. The molecule has 0 aliphatic heterocycles. The van der Waals surface area contributed by atoms with Gasteiger partial charge >= 0.3 is 0 Å². The van der Waals surface area contributed by atoms with Crippen LogP contribution < -0.4 is 15.8 Å². The van der Waals surface area contributed by atoms with Crippen molar-refractivity contribution in [2.24, 2.45) is 10.7 Å². The normalized spacial score (nSPS) is 11.5. The summed E-state index contributed by atoms with van der Waals surface area (Å²) in [6, 6.07) is 11.2. The summed E-state index contributed by atoms with van der Waals surface area (Å²) >= 11 is 5.73. The van der Waals surface area contributed by atoms with E-state index in [1.807, 2.05) is 44.2 Å². The van der Waals surface area contributed by atoms with Crippen molar-refractivity contribution in [2.75, 3.05) is 5.32 Å². The van der Waals surface area contributed by atoms with Crippen LogP contribution in [0.1, 0.15) is 19.4 Å². The Hall–Kier alpha value is -2.27. The zero-order valence-corrected chi connectivity index (χ0v) is 13.3. The lowest BCUT2D eigenvalue weighted by atomic mass is 10.3. The number of nitrogens with zero attached hydrogens (tertiary/aromatic N) is 2. The van der Waals surface area contributed by atoms with E-state index in [-0.39, 0.29) is 6.10 Å². The number of nitrogens with two attached hydrogens (primary N) is 1. The van der Waals surface area contributed by atoms with Gasteiger partial charge in [-0.1, -0.05) is 17.7 Å². The highest BCUT2D eigenvalue weighted by Crippen LogP contribution is 2.16. The lowest BCUT2D eigenvalue weighted by Crippen LogP contribution is -2.22. The van der Waals surface area contributed by atoms with E-state index in [2.05, 4.69) is 15.3 Å². The number of nitrogens with one attached hydrogen (secondary N) is 1. The monoisotopic (exact) mass is 318 g/mol. The summed E-state index contributed by atoms with van der Waals surface area (Å²) in [7, 11) is 0. The number of pyridine rings is 1. The minimum Gasteiger partial charge on any atom is -0.491 e. The lowest BCUT2D eigenvalue weighted by molar-refractivity contribution is 0.242. The maximum Gasteiger partial charge on any atom is 0.193 e. The van der Waals surface area contributed by atoms with E-state index in [1.165, 1.54) is 0 Å². The summed E-state index contributed by atoms with van der Waals surface area (Å²) in [4.78, 5) is 8.25. The van der Waals surface area contributed by atoms with Crippen molar-refractivity contribution in [1.82, 2.24) is 4.98 Å². The first kappa shape index (κ1) is 16.1. The molecule has 22 heavy (non-hydrogen) atoms. The smallest absolute Gasteiger partial charge is 0.193 e. The molecule has 0 aliphatic carbocycles. The van der Waals surface area contributed by atoms with Crippen molar-refractivity contribution in [1.29, 1.82) is 0 Å². The summed E-state index contributed by atoms with van der Waals surface area (Å²) in [5.74, 6) is 1.16. The number of anilines is 1. The first-order chi connectivity index (χ1) is 10.5.